The number of aromatic nitrogens is 4. The number of rotatable bonds is 8. The SMILES string of the molecule is O=C(N1CCCC(CO)C1)N(CC12CCC(c3nc(C4CC4)no3)(CC1)CC2)c1cccc(-c2nc(C3CC3)no2)c1. The van der Waals surface area contributed by atoms with Crippen LogP contribution in [0.5, 0.6) is 0 Å². The Morgan fingerprint density at radius 2 is 1.67 bits per heavy atom. The molecule has 6 aliphatic rings. The molecular weight excluding hydrogens is 532 g/mol. The Kier molecular flexibility index (Phi) is 6.39. The molecule has 9 rings (SSSR count). The number of amides is 2. The first kappa shape index (κ1) is 26.4. The molecule has 0 spiro atoms. The number of piperidine rings is 1. The first-order valence-corrected chi connectivity index (χ1v) is 16.0. The molecule has 222 valence electrons. The van der Waals surface area contributed by atoms with Gasteiger partial charge in [-0.1, -0.05) is 16.4 Å². The number of aliphatic hydroxyl groups is 1. The lowest BCUT2D eigenvalue weighted by atomic mass is 9.53. The molecular formula is C32H40N6O4. The number of urea groups is 1. The molecule has 5 saturated carbocycles. The first-order chi connectivity index (χ1) is 20.5. The summed E-state index contributed by atoms with van der Waals surface area (Å²) in [6.45, 7) is 2.09. The molecule has 2 amide bonds. The standard InChI is InChI=1S/C32H40N6O4/c39-19-21-3-2-16-37(18-21)30(40)38(25-5-1-4-24(17-25)28-33-26(35-41-28)22-6-7-22)20-31-10-13-32(14-11-31,15-12-31)29-34-27(36-42-29)23-8-9-23/h1,4-5,17,21-23,39H,2-3,6-16,18-20H2. The zero-order valence-corrected chi connectivity index (χ0v) is 24.2. The van der Waals surface area contributed by atoms with Crippen LogP contribution in [0.1, 0.15) is 106 Å². The molecule has 1 aliphatic heterocycles. The highest BCUT2D eigenvalue weighted by Crippen LogP contribution is 2.58. The van der Waals surface area contributed by atoms with Crippen molar-refractivity contribution in [3.05, 3.63) is 41.8 Å². The minimum absolute atomic E-state index is 0.0188. The number of carbonyl (C=O) groups is 1. The molecule has 1 unspecified atom stereocenters. The van der Waals surface area contributed by atoms with Crippen LogP contribution in [0.4, 0.5) is 10.5 Å². The van der Waals surface area contributed by atoms with Crippen LogP contribution in [0.3, 0.4) is 0 Å². The van der Waals surface area contributed by atoms with Gasteiger partial charge in [0.1, 0.15) is 0 Å². The van der Waals surface area contributed by atoms with E-state index in [1.54, 1.807) is 0 Å². The third kappa shape index (κ3) is 4.81. The second-order valence-electron chi connectivity index (χ2n) is 13.8. The predicted molar refractivity (Wildman–Crippen MR) is 154 cm³/mol. The minimum atomic E-state index is -0.0188. The van der Waals surface area contributed by atoms with Gasteiger partial charge in [-0.25, -0.2) is 4.79 Å². The van der Waals surface area contributed by atoms with Crippen LogP contribution in [0, 0.1) is 11.3 Å². The average molecular weight is 573 g/mol. The van der Waals surface area contributed by atoms with Crippen molar-refractivity contribution in [1.29, 1.82) is 0 Å². The summed E-state index contributed by atoms with van der Waals surface area (Å²) in [5.74, 6) is 4.07. The predicted octanol–water partition coefficient (Wildman–Crippen LogP) is 5.80. The van der Waals surface area contributed by atoms with Gasteiger partial charge in [-0.15, -0.1) is 0 Å². The Morgan fingerprint density at radius 1 is 0.952 bits per heavy atom. The highest BCUT2D eigenvalue weighted by molar-refractivity contribution is 5.93. The number of anilines is 1. The van der Waals surface area contributed by atoms with Gasteiger partial charge in [0.15, 0.2) is 11.6 Å². The molecule has 10 heteroatoms. The van der Waals surface area contributed by atoms with E-state index in [1.165, 1.54) is 12.8 Å². The third-order valence-corrected chi connectivity index (χ3v) is 10.8. The van der Waals surface area contributed by atoms with Crippen LogP contribution in [0.25, 0.3) is 11.5 Å². The van der Waals surface area contributed by atoms with Crippen LogP contribution < -0.4 is 4.90 Å². The van der Waals surface area contributed by atoms with E-state index in [0.717, 1.165) is 99.5 Å². The number of likely N-dealkylation sites (tertiary alicyclic amines) is 1. The van der Waals surface area contributed by atoms with Crippen LogP contribution in [-0.4, -0.2) is 62.6 Å². The molecule has 1 atom stereocenters. The van der Waals surface area contributed by atoms with Gasteiger partial charge >= 0.3 is 6.03 Å². The quantitative estimate of drug-likeness (QED) is 0.360. The van der Waals surface area contributed by atoms with Gasteiger partial charge in [0.2, 0.25) is 5.89 Å². The van der Waals surface area contributed by atoms with Gasteiger partial charge in [-0.2, -0.15) is 9.97 Å². The van der Waals surface area contributed by atoms with E-state index in [-0.39, 0.29) is 29.4 Å². The Morgan fingerprint density at radius 3 is 2.38 bits per heavy atom. The average Bonchev–Trinajstić information content (AvgIpc) is 3.98. The van der Waals surface area contributed by atoms with Crippen molar-refractivity contribution in [3.63, 3.8) is 0 Å². The fourth-order valence-corrected chi connectivity index (χ4v) is 7.61. The first-order valence-electron chi connectivity index (χ1n) is 16.0. The largest absolute Gasteiger partial charge is 0.396 e. The summed E-state index contributed by atoms with van der Waals surface area (Å²) in [6, 6.07) is 8.04. The maximum absolute atomic E-state index is 14.3. The number of hydrogen-bond donors (Lipinski definition) is 1. The molecule has 1 N–H and O–H groups in total. The van der Waals surface area contributed by atoms with Crippen LogP contribution >= 0.6 is 0 Å². The zero-order chi connectivity index (χ0) is 28.3. The van der Waals surface area contributed by atoms with E-state index in [1.807, 2.05) is 34.1 Å². The summed E-state index contributed by atoms with van der Waals surface area (Å²) in [5.41, 5.74) is 1.72. The van der Waals surface area contributed by atoms with Crippen LogP contribution in [0.2, 0.25) is 0 Å². The van der Waals surface area contributed by atoms with Gasteiger partial charge in [-0.05, 0) is 107 Å². The number of hydrogen-bond acceptors (Lipinski definition) is 8. The fourth-order valence-electron chi connectivity index (χ4n) is 7.61. The van der Waals surface area contributed by atoms with Gasteiger partial charge < -0.3 is 19.1 Å². The summed E-state index contributed by atoms with van der Waals surface area (Å²) in [6.07, 6.45) is 12.6. The molecule has 2 bridgehead atoms. The Labute approximate surface area is 245 Å². The monoisotopic (exact) mass is 572 g/mol. The summed E-state index contributed by atoms with van der Waals surface area (Å²) in [4.78, 5) is 27.8. The Balaban J connectivity index is 1.06. The smallest absolute Gasteiger partial charge is 0.324 e. The zero-order valence-electron chi connectivity index (χ0n) is 24.2. The van der Waals surface area contributed by atoms with Gasteiger partial charge in [-0.3, -0.25) is 4.90 Å². The van der Waals surface area contributed by atoms with Gasteiger partial charge in [0.05, 0.1) is 0 Å². The Bertz CT molecular complexity index is 1430. The summed E-state index contributed by atoms with van der Waals surface area (Å²) >= 11 is 0. The lowest BCUT2D eigenvalue weighted by molar-refractivity contribution is 0.0279. The molecule has 1 aromatic carbocycles. The van der Waals surface area contributed by atoms with Crippen molar-refractivity contribution >= 4 is 11.7 Å². The number of aliphatic hydroxyl groups excluding tert-OH is 1. The lowest BCUT2D eigenvalue weighted by Crippen LogP contribution is -2.54. The third-order valence-electron chi connectivity index (χ3n) is 10.8. The molecule has 1 saturated heterocycles. The summed E-state index contributed by atoms with van der Waals surface area (Å²) in [7, 11) is 0. The highest BCUT2D eigenvalue weighted by atomic mass is 16.5. The number of carbonyl (C=O) groups excluding carboxylic acids is 1. The van der Waals surface area contributed by atoms with E-state index in [4.69, 9.17) is 14.0 Å². The topological polar surface area (TPSA) is 122 Å². The number of fused-ring (bicyclic) bond motifs is 3. The van der Waals surface area contributed by atoms with Crippen molar-refractivity contribution in [2.75, 3.05) is 31.1 Å². The van der Waals surface area contributed by atoms with Crippen LogP contribution in [0.15, 0.2) is 33.3 Å². The summed E-state index contributed by atoms with van der Waals surface area (Å²) < 4.78 is 11.5. The van der Waals surface area contributed by atoms with Gasteiger partial charge in [0, 0.05) is 54.7 Å². The van der Waals surface area contributed by atoms with Crippen molar-refractivity contribution in [3.8, 4) is 11.5 Å². The van der Waals surface area contributed by atoms with E-state index in [9.17, 15) is 9.90 Å². The maximum Gasteiger partial charge on any atom is 0.324 e. The minimum Gasteiger partial charge on any atom is -0.396 e. The van der Waals surface area contributed by atoms with E-state index in [0.29, 0.717) is 30.8 Å². The number of benzene rings is 1. The molecule has 10 nitrogen and oxygen atoms in total. The molecule has 6 fully saturated rings. The van der Waals surface area contributed by atoms with Crippen molar-refractivity contribution in [2.24, 2.45) is 11.3 Å². The maximum atomic E-state index is 14.3. The second-order valence-corrected chi connectivity index (χ2v) is 13.8. The molecule has 5 aliphatic carbocycles. The number of nitrogens with zero attached hydrogens (tertiary/aromatic N) is 6. The lowest BCUT2D eigenvalue weighted by Gasteiger charge is -2.53. The molecule has 42 heavy (non-hydrogen) atoms. The fraction of sp³-hybridized carbons (Fsp3) is 0.656. The molecule has 2 aromatic heterocycles. The second kappa shape index (κ2) is 10.2. The van der Waals surface area contributed by atoms with E-state index >= 15 is 0 Å². The van der Waals surface area contributed by atoms with Crippen LogP contribution in [-0.2, 0) is 5.41 Å². The molecule has 0 radical (unpaired) electrons. The summed E-state index contributed by atoms with van der Waals surface area (Å²) in [5, 5.41) is 18.4. The normalized spacial score (nSPS) is 29.2. The highest BCUT2D eigenvalue weighted by Gasteiger charge is 2.53. The van der Waals surface area contributed by atoms with E-state index < -0.39 is 0 Å². The van der Waals surface area contributed by atoms with E-state index in [2.05, 4.69) is 15.3 Å². The Hall–Kier alpha value is -3.27. The van der Waals surface area contributed by atoms with Crippen molar-refractivity contribution in [1.82, 2.24) is 25.2 Å². The molecule has 3 aromatic rings. The molecule has 3 heterocycles. The van der Waals surface area contributed by atoms with Crippen molar-refractivity contribution in [2.45, 2.75) is 94.3 Å². The van der Waals surface area contributed by atoms with Crippen molar-refractivity contribution < 1.29 is 18.9 Å². The van der Waals surface area contributed by atoms with Gasteiger partial charge in [0.25, 0.3) is 5.89 Å².